The Bertz CT molecular complexity index is 933. The molecule has 1 saturated heterocycles. The van der Waals surface area contributed by atoms with Crippen LogP contribution < -0.4 is 10.6 Å². The van der Waals surface area contributed by atoms with Gasteiger partial charge >= 0.3 is 0 Å². The number of fused-ring (bicyclic) bond motifs is 1. The van der Waals surface area contributed by atoms with Crippen LogP contribution in [0, 0.1) is 17.6 Å². The number of amidine groups is 1. The van der Waals surface area contributed by atoms with Gasteiger partial charge in [0.25, 0.3) is 0 Å². The third kappa shape index (κ3) is 3.20. The molecule has 0 saturated carbocycles. The fourth-order valence-corrected chi connectivity index (χ4v) is 4.69. The van der Waals surface area contributed by atoms with Crippen molar-refractivity contribution in [1.29, 1.82) is 0 Å². The number of aliphatic imine (C=N–C) groups is 1. The van der Waals surface area contributed by atoms with Crippen LogP contribution in [0.3, 0.4) is 0 Å². The molecular weight excluding hydrogens is 386 g/mol. The lowest BCUT2D eigenvalue weighted by molar-refractivity contribution is 0.0693. The Hall–Kier alpha value is -2.33. The smallest absolute Gasteiger partial charge is 0.225 e. The number of anilines is 1. The third-order valence-corrected chi connectivity index (χ3v) is 6.01. The fourth-order valence-electron chi connectivity index (χ4n) is 3.70. The Kier molecular flexibility index (Phi) is 4.50. The second-order valence-corrected chi connectivity index (χ2v) is 8.59. The summed E-state index contributed by atoms with van der Waals surface area (Å²) >= 11 is 1.46. The minimum atomic E-state index is -1.44. The van der Waals surface area contributed by atoms with Gasteiger partial charge in [0.1, 0.15) is 22.7 Å². The number of halogens is 2. The van der Waals surface area contributed by atoms with Gasteiger partial charge in [-0.2, -0.15) is 0 Å². The summed E-state index contributed by atoms with van der Waals surface area (Å²) < 4.78 is 27.5. The van der Waals surface area contributed by atoms with Crippen LogP contribution in [0.2, 0.25) is 0 Å². The lowest BCUT2D eigenvalue weighted by Gasteiger charge is -2.33. The Morgan fingerprint density at radius 3 is 2.75 bits per heavy atom. The number of aliphatic hydroxyl groups is 1. The van der Waals surface area contributed by atoms with E-state index in [1.807, 2.05) is 4.90 Å². The van der Waals surface area contributed by atoms with Crippen molar-refractivity contribution in [3.63, 3.8) is 0 Å². The van der Waals surface area contributed by atoms with Crippen molar-refractivity contribution < 1.29 is 13.9 Å². The van der Waals surface area contributed by atoms with Crippen LogP contribution in [0.1, 0.15) is 25.2 Å². The molecule has 2 aromatic heterocycles. The van der Waals surface area contributed by atoms with Gasteiger partial charge in [-0.3, -0.25) is 4.98 Å². The molecule has 1 unspecified atom stereocenters. The van der Waals surface area contributed by atoms with Crippen LogP contribution in [0.4, 0.5) is 14.7 Å². The van der Waals surface area contributed by atoms with E-state index in [-0.39, 0.29) is 11.6 Å². The minimum Gasteiger partial charge on any atom is -0.384 e. The average molecular weight is 406 g/mol. The normalized spacial score (nSPS) is 24.8. The number of nitrogens with two attached hydrogens (primary N) is 1. The van der Waals surface area contributed by atoms with Crippen LogP contribution in [0.5, 0.6) is 0 Å². The molecule has 0 aliphatic carbocycles. The van der Waals surface area contributed by atoms with Crippen molar-refractivity contribution in [2.24, 2.45) is 16.6 Å². The highest BCUT2D eigenvalue weighted by molar-refractivity contribution is 8.13. The average Bonchev–Trinajstić information content (AvgIpc) is 3.01. The summed E-state index contributed by atoms with van der Waals surface area (Å²) in [6, 6.07) is 2.97. The molecule has 148 valence electrons. The highest BCUT2D eigenvalue weighted by Crippen LogP contribution is 2.45. The maximum Gasteiger partial charge on any atom is 0.225 e. The van der Waals surface area contributed by atoms with Gasteiger partial charge in [0.05, 0.1) is 24.6 Å². The summed E-state index contributed by atoms with van der Waals surface area (Å²) in [7, 11) is 0. The number of hydrogen-bond acceptors (Lipinski definition) is 8. The van der Waals surface area contributed by atoms with Gasteiger partial charge in [-0.15, -0.1) is 0 Å². The van der Waals surface area contributed by atoms with E-state index >= 15 is 0 Å². The van der Waals surface area contributed by atoms with E-state index in [2.05, 4.69) is 15.0 Å². The van der Waals surface area contributed by atoms with Crippen molar-refractivity contribution in [3.8, 4) is 0 Å². The highest BCUT2D eigenvalue weighted by Gasteiger charge is 2.52. The summed E-state index contributed by atoms with van der Waals surface area (Å²) in [6.07, 6.45) is 2.23. The van der Waals surface area contributed by atoms with E-state index in [1.165, 1.54) is 31.7 Å². The number of thioether (sulfide) groups is 1. The predicted molar refractivity (Wildman–Crippen MR) is 103 cm³/mol. The molecule has 2 aliphatic heterocycles. The number of aromatic nitrogens is 3. The van der Waals surface area contributed by atoms with Crippen molar-refractivity contribution >= 4 is 22.9 Å². The second kappa shape index (κ2) is 6.63. The molecular formula is C18H20F2N6OS. The zero-order valence-corrected chi connectivity index (χ0v) is 16.2. The van der Waals surface area contributed by atoms with Gasteiger partial charge in [-0.25, -0.2) is 23.7 Å². The SMILES string of the molecule is CC(C)(O)c1nc(N2C[C@H]3CSC(N)=NC3(c3ccc(F)cn3)C2)ncc1F. The highest BCUT2D eigenvalue weighted by atomic mass is 32.2. The van der Waals surface area contributed by atoms with E-state index in [0.717, 1.165) is 12.4 Å². The van der Waals surface area contributed by atoms with Crippen LogP contribution in [-0.4, -0.2) is 44.1 Å². The first-order chi connectivity index (χ1) is 13.2. The zero-order chi connectivity index (χ0) is 20.1. The number of pyridine rings is 1. The van der Waals surface area contributed by atoms with Crippen LogP contribution in [-0.2, 0) is 11.1 Å². The Balaban J connectivity index is 1.75. The fraction of sp³-hybridized carbons (Fsp3) is 0.444. The Morgan fingerprint density at radius 1 is 1.29 bits per heavy atom. The summed E-state index contributed by atoms with van der Waals surface area (Å²) in [5.74, 6) is -0.0362. The van der Waals surface area contributed by atoms with Gasteiger partial charge in [-0.05, 0) is 26.0 Å². The van der Waals surface area contributed by atoms with Crippen molar-refractivity contribution in [3.05, 3.63) is 47.5 Å². The molecule has 28 heavy (non-hydrogen) atoms. The van der Waals surface area contributed by atoms with E-state index in [4.69, 9.17) is 10.7 Å². The summed E-state index contributed by atoms with van der Waals surface area (Å²) in [5, 5.41) is 10.6. The van der Waals surface area contributed by atoms with Gasteiger partial charge in [0.15, 0.2) is 11.0 Å². The molecule has 3 N–H and O–H groups in total. The minimum absolute atomic E-state index is 0.0435. The maximum atomic E-state index is 14.1. The number of hydrogen-bond donors (Lipinski definition) is 2. The zero-order valence-electron chi connectivity index (χ0n) is 15.4. The van der Waals surface area contributed by atoms with Crippen LogP contribution in [0.25, 0.3) is 0 Å². The first-order valence-electron chi connectivity index (χ1n) is 8.79. The lowest BCUT2D eigenvalue weighted by atomic mass is 9.85. The molecule has 0 radical (unpaired) electrons. The van der Waals surface area contributed by atoms with E-state index < -0.39 is 22.8 Å². The molecule has 2 atom stereocenters. The number of nitrogens with zero attached hydrogens (tertiary/aromatic N) is 5. The number of rotatable bonds is 3. The molecule has 0 amide bonds. The largest absolute Gasteiger partial charge is 0.384 e. The van der Waals surface area contributed by atoms with E-state index in [0.29, 0.717) is 35.7 Å². The molecule has 4 rings (SSSR count). The maximum absolute atomic E-state index is 14.1. The first-order valence-corrected chi connectivity index (χ1v) is 9.78. The van der Waals surface area contributed by atoms with Gasteiger partial charge < -0.3 is 15.7 Å². The summed E-state index contributed by atoms with van der Waals surface area (Å²) in [4.78, 5) is 19.2. The van der Waals surface area contributed by atoms with Crippen LogP contribution in [0.15, 0.2) is 29.5 Å². The van der Waals surface area contributed by atoms with E-state index in [9.17, 15) is 13.9 Å². The van der Waals surface area contributed by atoms with Crippen molar-refractivity contribution in [2.75, 3.05) is 23.7 Å². The molecule has 0 aromatic carbocycles. The second-order valence-electron chi connectivity index (χ2n) is 7.55. The molecule has 10 heteroatoms. The Morgan fingerprint density at radius 2 is 2.07 bits per heavy atom. The monoisotopic (exact) mass is 406 g/mol. The summed E-state index contributed by atoms with van der Waals surface area (Å²) in [5.41, 5.74) is 4.36. The molecule has 7 nitrogen and oxygen atoms in total. The van der Waals surface area contributed by atoms with E-state index in [1.54, 1.807) is 6.07 Å². The molecule has 0 spiro atoms. The van der Waals surface area contributed by atoms with Gasteiger partial charge in [0, 0.05) is 18.2 Å². The molecule has 0 bridgehead atoms. The molecule has 2 aliphatic rings. The molecule has 2 aromatic rings. The Labute approximate surface area is 165 Å². The van der Waals surface area contributed by atoms with Gasteiger partial charge in [0.2, 0.25) is 5.95 Å². The molecule has 1 fully saturated rings. The predicted octanol–water partition coefficient (Wildman–Crippen LogP) is 1.77. The topological polar surface area (TPSA) is 101 Å². The molecule has 4 heterocycles. The summed E-state index contributed by atoms with van der Waals surface area (Å²) in [6.45, 7) is 3.86. The quantitative estimate of drug-likeness (QED) is 0.801. The van der Waals surface area contributed by atoms with Crippen LogP contribution >= 0.6 is 11.8 Å². The van der Waals surface area contributed by atoms with Gasteiger partial charge in [-0.1, -0.05) is 11.8 Å². The first kappa shape index (κ1) is 19.0. The van der Waals surface area contributed by atoms with Crippen molar-refractivity contribution in [1.82, 2.24) is 15.0 Å². The van der Waals surface area contributed by atoms with Crippen molar-refractivity contribution in [2.45, 2.75) is 25.0 Å². The lowest BCUT2D eigenvalue weighted by Crippen LogP contribution is -2.40. The standard InChI is InChI=1S/C18H20F2N6OS/c1-17(2,27)14-12(20)6-23-16(24-14)26-7-10-8-28-15(21)25-18(10,9-26)13-4-3-11(19)5-22-13/h3-6,10,27H,7-9H2,1-2H3,(H2,21,25)/t10-,18?/m0/s1. The third-order valence-electron chi connectivity index (χ3n) is 5.05.